The van der Waals surface area contributed by atoms with Crippen molar-refractivity contribution in [1.29, 1.82) is 0 Å². The van der Waals surface area contributed by atoms with E-state index in [1.54, 1.807) is 24.3 Å². The summed E-state index contributed by atoms with van der Waals surface area (Å²) in [5.74, 6) is -1.12. The van der Waals surface area contributed by atoms with Gasteiger partial charge in [0.15, 0.2) is 0 Å². The quantitative estimate of drug-likeness (QED) is 0.549. The number of nitrogens with zero attached hydrogens (tertiary/aromatic N) is 1. The average Bonchev–Trinajstić information content (AvgIpc) is 2.95. The Bertz CT molecular complexity index is 985. The number of halogens is 1. The van der Waals surface area contributed by atoms with Crippen molar-refractivity contribution in [1.82, 2.24) is 0 Å². The molecule has 0 spiro atoms. The third-order valence-electron chi connectivity index (χ3n) is 4.16. The van der Waals surface area contributed by atoms with Crippen molar-refractivity contribution in [2.45, 2.75) is 13.3 Å². The monoisotopic (exact) mass is 414 g/mol. The normalized spacial score (nSPS) is 13.7. The fourth-order valence-electron chi connectivity index (χ4n) is 2.72. The lowest BCUT2D eigenvalue weighted by atomic mass is 10.2. The number of amides is 2. The first-order chi connectivity index (χ1) is 14.0. The van der Waals surface area contributed by atoms with Gasteiger partial charge in [-0.3, -0.25) is 9.59 Å². The Balaban J connectivity index is 1.79. The molecule has 2 aromatic carbocycles. The van der Waals surface area contributed by atoms with Crippen molar-refractivity contribution >= 4 is 40.8 Å². The van der Waals surface area contributed by atoms with Crippen LogP contribution in [0.2, 0.25) is 0 Å². The van der Waals surface area contributed by atoms with Gasteiger partial charge in [0.2, 0.25) is 0 Å². The van der Waals surface area contributed by atoms with Crippen molar-refractivity contribution in [2.24, 2.45) is 0 Å². The third-order valence-corrected chi connectivity index (χ3v) is 4.52. The highest BCUT2D eigenvalue weighted by atomic mass is 35.5. The largest absolute Gasteiger partial charge is 0.497 e. The number of carbonyl (C=O) groups excluding carboxylic acids is 3. The molecule has 1 N–H and O–H groups in total. The number of hydrogen-bond donors (Lipinski definition) is 1. The van der Waals surface area contributed by atoms with Gasteiger partial charge in [0.1, 0.15) is 16.5 Å². The number of rotatable bonds is 7. The Morgan fingerprint density at radius 2 is 1.83 bits per heavy atom. The SMILES string of the molecule is CCCOC(=O)c1ccc(N2C(=O)C(Cl)=C(Nc3cccc(OC)c3)C2=O)cc1. The van der Waals surface area contributed by atoms with Crippen LogP contribution in [-0.2, 0) is 14.3 Å². The lowest BCUT2D eigenvalue weighted by Gasteiger charge is -2.15. The first-order valence-electron chi connectivity index (χ1n) is 8.93. The van der Waals surface area contributed by atoms with Crippen LogP contribution in [0.15, 0.2) is 59.3 Å². The van der Waals surface area contributed by atoms with Gasteiger partial charge in [-0.1, -0.05) is 24.6 Å². The zero-order valence-electron chi connectivity index (χ0n) is 15.9. The molecular formula is C21H19ClN2O5. The summed E-state index contributed by atoms with van der Waals surface area (Å²) in [5, 5.41) is 2.66. The van der Waals surface area contributed by atoms with E-state index < -0.39 is 17.8 Å². The van der Waals surface area contributed by atoms with Gasteiger partial charge in [0, 0.05) is 11.8 Å². The highest BCUT2D eigenvalue weighted by Crippen LogP contribution is 2.31. The number of benzene rings is 2. The number of carbonyl (C=O) groups is 3. The van der Waals surface area contributed by atoms with Gasteiger partial charge in [-0.25, -0.2) is 9.69 Å². The molecule has 1 heterocycles. The van der Waals surface area contributed by atoms with Crippen molar-refractivity contribution in [3.05, 3.63) is 64.8 Å². The molecule has 0 bridgehead atoms. The molecule has 8 heteroatoms. The summed E-state index contributed by atoms with van der Waals surface area (Å²) in [7, 11) is 1.53. The molecule has 7 nitrogen and oxygen atoms in total. The van der Waals surface area contributed by atoms with E-state index in [4.69, 9.17) is 21.1 Å². The number of ether oxygens (including phenoxy) is 2. The Morgan fingerprint density at radius 1 is 1.10 bits per heavy atom. The first-order valence-corrected chi connectivity index (χ1v) is 9.31. The molecule has 2 aromatic rings. The van der Waals surface area contributed by atoms with Crippen LogP contribution in [0.5, 0.6) is 5.75 Å². The maximum absolute atomic E-state index is 12.8. The summed E-state index contributed by atoms with van der Waals surface area (Å²) < 4.78 is 10.2. The summed E-state index contributed by atoms with van der Waals surface area (Å²) >= 11 is 6.13. The summed E-state index contributed by atoms with van der Waals surface area (Å²) in [6.45, 7) is 2.22. The summed E-state index contributed by atoms with van der Waals surface area (Å²) in [5.41, 5.74) is 1.15. The van der Waals surface area contributed by atoms with Crippen LogP contribution >= 0.6 is 11.6 Å². The van der Waals surface area contributed by atoms with Gasteiger partial charge in [-0.15, -0.1) is 0 Å². The van der Waals surface area contributed by atoms with E-state index in [1.165, 1.54) is 31.4 Å². The molecule has 150 valence electrons. The van der Waals surface area contributed by atoms with E-state index in [1.807, 2.05) is 6.92 Å². The number of anilines is 2. The lowest BCUT2D eigenvalue weighted by Crippen LogP contribution is -2.32. The van der Waals surface area contributed by atoms with E-state index >= 15 is 0 Å². The summed E-state index contributed by atoms with van der Waals surface area (Å²) in [6.07, 6.45) is 0.716. The second-order valence-corrected chi connectivity index (χ2v) is 6.55. The molecule has 3 rings (SSSR count). The maximum atomic E-state index is 12.8. The molecule has 1 aliphatic rings. The smallest absolute Gasteiger partial charge is 0.338 e. The maximum Gasteiger partial charge on any atom is 0.338 e. The molecule has 0 unspecified atom stereocenters. The topological polar surface area (TPSA) is 84.9 Å². The molecule has 29 heavy (non-hydrogen) atoms. The molecule has 2 amide bonds. The van der Waals surface area contributed by atoms with Gasteiger partial charge in [0.25, 0.3) is 11.8 Å². The molecule has 0 fully saturated rings. The second-order valence-electron chi connectivity index (χ2n) is 6.17. The van der Waals surface area contributed by atoms with Crippen LogP contribution in [-0.4, -0.2) is 31.5 Å². The molecule has 0 aliphatic carbocycles. The predicted octanol–water partition coefficient (Wildman–Crippen LogP) is 3.70. The van der Waals surface area contributed by atoms with E-state index in [9.17, 15) is 14.4 Å². The van der Waals surface area contributed by atoms with Crippen LogP contribution in [0.4, 0.5) is 11.4 Å². The Kier molecular flexibility index (Phi) is 6.19. The Hall–Kier alpha value is -3.32. The van der Waals surface area contributed by atoms with Crippen molar-refractivity contribution in [2.75, 3.05) is 23.9 Å². The standard InChI is InChI=1S/C21H19ClN2O5/c1-3-11-29-21(27)13-7-9-15(10-8-13)24-19(25)17(22)18(20(24)26)23-14-5-4-6-16(12-14)28-2/h4-10,12,23H,3,11H2,1-2H3. The van der Waals surface area contributed by atoms with Gasteiger partial charge >= 0.3 is 5.97 Å². The predicted molar refractivity (Wildman–Crippen MR) is 109 cm³/mol. The summed E-state index contributed by atoms with van der Waals surface area (Å²) in [4.78, 5) is 38.2. The Morgan fingerprint density at radius 3 is 2.48 bits per heavy atom. The van der Waals surface area contributed by atoms with Gasteiger partial charge in [-0.05, 0) is 42.8 Å². The van der Waals surface area contributed by atoms with Gasteiger partial charge < -0.3 is 14.8 Å². The van der Waals surface area contributed by atoms with Gasteiger partial charge in [-0.2, -0.15) is 0 Å². The number of imide groups is 1. The minimum absolute atomic E-state index is 0.0312. The van der Waals surface area contributed by atoms with Crippen LogP contribution in [0.1, 0.15) is 23.7 Å². The zero-order chi connectivity index (χ0) is 21.0. The van der Waals surface area contributed by atoms with Crippen LogP contribution in [0, 0.1) is 0 Å². The van der Waals surface area contributed by atoms with E-state index in [0.717, 1.165) is 4.90 Å². The molecule has 0 atom stereocenters. The van der Waals surface area contributed by atoms with Gasteiger partial charge in [0.05, 0.1) is 25.0 Å². The van der Waals surface area contributed by atoms with Crippen LogP contribution < -0.4 is 15.0 Å². The fourth-order valence-corrected chi connectivity index (χ4v) is 2.93. The fraction of sp³-hybridized carbons (Fsp3) is 0.190. The lowest BCUT2D eigenvalue weighted by molar-refractivity contribution is -0.120. The zero-order valence-corrected chi connectivity index (χ0v) is 16.7. The molecular weight excluding hydrogens is 396 g/mol. The highest BCUT2D eigenvalue weighted by molar-refractivity contribution is 6.53. The van der Waals surface area contributed by atoms with E-state index in [-0.39, 0.29) is 10.7 Å². The number of esters is 1. The number of nitrogens with one attached hydrogen (secondary N) is 1. The minimum Gasteiger partial charge on any atom is -0.497 e. The second kappa shape index (κ2) is 8.79. The third kappa shape index (κ3) is 4.25. The van der Waals surface area contributed by atoms with Crippen LogP contribution in [0.3, 0.4) is 0 Å². The van der Waals surface area contributed by atoms with E-state index in [2.05, 4.69) is 5.32 Å². The molecule has 0 aromatic heterocycles. The summed E-state index contributed by atoms with van der Waals surface area (Å²) in [6, 6.07) is 12.9. The van der Waals surface area contributed by atoms with E-state index in [0.29, 0.717) is 35.7 Å². The highest BCUT2D eigenvalue weighted by Gasteiger charge is 2.39. The van der Waals surface area contributed by atoms with Crippen molar-refractivity contribution in [3.63, 3.8) is 0 Å². The Labute approximate surface area is 172 Å². The number of hydrogen-bond acceptors (Lipinski definition) is 6. The first kappa shape index (κ1) is 20.4. The molecule has 0 radical (unpaired) electrons. The molecule has 0 saturated carbocycles. The molecule has 0 saturated heterocycles. The molecule has 1 aliphatic heterocycles. The average molecular weight is 415 g/mol. The van der Waals surface area contributed by atoms with Crippen LogP contribution in [0.25, 0.3) is 0 Å². The van der Waals surface area contributed by atoms with Crippen molar-refractivity contribution < 1.29 is 23.9 Å². The van der Waals surface area contributed by atoms with Crippen molar-refractivity contribution in [3.8, 4) is 5.75 Å². The number of methoxy groups -OCH3 is 1. The minimum atomic E-state index is -0.650.